The summed E-state index contributed by atoms with van der Waals surface area (Å²) in [4.78, 5) is 26.5. The maximum Gasteiger partial charge on any atom is 0.225 e. The lowest BCUT2D eigenvalue weighted by Gasteiger charge is -2.24. The average molecular weight is 308 g/mol. The molecule has 0 spiro atoms. The van der Waals surface area contributed by atoms with Crippen LogP contribution in [0.1, 0.15) is 72.1 Å². The number of hydrogen-bond donors (Lipinski definition) is 1. The van der Waals surface area contributed by atoms with Gasteiger partial charge in [0.2, 0.25) is 11.8 Å². The molecule has 2 rings (SSSR count). The first kappa shape index (κ1) is 17.3. The molecule has 1 aliphatic heterocycles. The van der Waals surface area contributed by atoms with E-state index in [2.05, 4.69) is 26.1 Å². The molecule has 1 N–H and O–H groups in total. The van der Waals surface area contributed by atoms with Crippen molar-refractivity contribution in [1.29, 1.82) is 0 Å². The summed E-state index contributed by atoms with van der Waals surface area (Å²) < 4.78 is 0. The third kappa shape index (κ3) is 4.72. The van der Waals surface area contributed by atoms with E-state index in [9.17, 15) is 9.59 Å². The first-order valence-corrected chi connectivity index (χ1v) is 9.07. The molecule has 4 heteroatoms. The molecule has 1 aliphatic carbocycles. The molecule has 22 heavy (non-hydrogen) atoms. The van der Waals surface area contributed by atoms with Crippen LogP contribution in [0.5, 0.6) is 0 Å². The second-order valence-corrected chi connectivity index (χ2v) is 7.62. The van der Waals surface area contributed by atoms with Crippen LogP contribution in [-0.2, 0) is 9.59 Å². The highest BCUT2D eigenvalue weighted by Crippen LogP contribution is 2.29. The summed E-state index contributed by atoms with van der Waals surface area (Å²) in [5.41, 5.74) is 0. The van der Waals surface area contributed by atoms with Crippen molar-refractivity contribution in [3.05, 3.63) is 0 Å². The molecule has 1 saturated carbocycles. The van der Waals surface area contributed by atoms with Gasteiger partial charge in [0.25, 0.3) is 0 Å². The second kappa shape index (κ2) is 7.98. The van der Waals surface area contributed by atoms with E-state index >= 15 is 0 Å². The average Bonchev–Trinajstić information content (AvgIpc) is 3.06. The molecule has 126 valence electrons. The lowest BCUT2D eigenvalue weighted by molar-refractivity contribution is -0.130. The van der Waals surface area contributed by atoms with E-state index in [1.807, 2.05) is 4.90 Å². The predicted molar refractivity (Wildman–Crippen MR) is 88.4 cm³/mol. The zero-order chi connectivity index (χ0) is 16.1. The topological polar surface area (TPSA) is 49.4 Å². The lowest BCUT2D eigenvalue weighted by atomic mass is 10.0. The molecule has 2 aliphatic rings. The van der Waals surface area contributed by atoms with Crippen LogP contribution >= 0.6 is 0 Å². The Bertz CT molecular complexity index is 389. The van der Waals surface area contributed by atoms with Crippen molar-refractivity contribution in [3.8, 4) is 0 Å². The summed E-state index contributed by atoms with van der Waals surface area (Å²) in [6.45, 7) is 7.16. The van der Waals surface area contributed by atoms with Gasteiger partial charge in [-0.1, -0.05) is 39.5 Å². The summed E-state index contributed by atoms with van der Waals surface area (Å²) in [7, 11) is 0. The molecule has 0 bridgehead atoms. The summed E-state index contributed by atoms with van der Waals surface area (Å²) in [6, 6.07) is 0.607. The molecule has 2 fully saturated rings. The number of nitrogens with one attached hydrogen (secondary N) is 1. The number of likely N-dealkylation sites (tertiary alicyclic amines) is 1. The van der Waals surface area contributed by atoms with Crippen LogP contribution in [0.4, 0.5) is 0 Å². The van der Waals surface area contributed by atoms with Gasteiger partial charge < -0.3 is 10.2 Å². The fourth-order valence-corrected chi connectivity index (χ4v) is 3.74. The minimum atomic E-state index is -0.138. The summed E-state index contributed by atoms with van der Waals surface area (Å²) in [5.74, 6) is 0.835. The molecular weight excluding hydrogens is 276 g/mol. The molecule has 4 nitrogen and oxygen atoms in total. The molecule has 0 aromatic rings. The molecule has 0 unspecified atom stereocenters. The highest BCUT2D eigenvalue weighted by molar-refractivity contribution is 5.89. The Hall–Kier alpha value is -1.06. The number of amides is 2. The van der Waals surface area contributed by atoms with Gasteiger partial charge in [0.05, 0.1) is 5.92 Å². The maximum absolute atomic E-state index is 12.4. The highest BCUT2D eigenvalue weighted by Gasteiger charge is 2.38. The monoisotopic (exact) mass is 308 g/mol. The lowest BCUT2D eigenvalue weighted by Crippen LogP contribution is -2.39. The van der Waals surface area contributed by atoms with Crippen LogP contribution in [-0.4, -0.2) is 35.3 Å². The van der Waals surface area contributed by atoms with Crippen LogP contribution in [0.3, 0.4) is 0 Å². The van der Waals surface area contributed by atoms with E-state index < -0.39 is 0 Å². The van der Waals surface area contributed by atoms with E-state index in [0.29, 0.717) is 19.0 Å². The van der Waals surface area contributed by atoms with Crippen LogP contribution in [0.15, 0.2) is 0 Å². The number of carbonyl (C=O) groups excluding carboxylic acids is 2. The standard InChI is InChI=1S/C18H32N2O2/c1-13(2)7-6-8-14(3)19-18(22)15-11-17(21)20(12-15)16-9-4-5-10-16/h13-16H,4-12H2,1-3H3,(H,19,22)/t14-,15-/m1/s1. The Balaban J connectivity index is 1.74. The molecule has 2 amide bonds. The van der Waals surface area contributed by atoms with E-state index in [0.717, 1.165) is 31.6 Å². The molecular formula is C18H32N2O2. The molecule has 0 aromatic carbocycles. The third-order valence-corrected chi connectivity index (χ3v) is 5.10. The predicted octanol–water partition coefficient (Wildman–Crippen LogP) is 3.11. The highest BCUT2D eigenvalue weighted by atomic mass is 16.2. The number of rotatable bonds is 7. The molecule has 0 aromatic heterocycles. The molecule has 0 radical (unpaired) electrons. The van der Waals surface area contributed by atoms with Crippen molar-refractivity contribution in [2.24, 2.45) is 11.8 Å². The molecule has 1 saturated heterocycles. The van der Waals surface area contributed by atoms with Crippen molar-refractivity contribution in [2.75, 3.05) is 6.54 Å². The van der Waals surface area contributed by atoms with Crippen LogP contribution in [0.25, 0.3) is 0 Å². The number of nitrogens with zero attached hydrogens (tertiary/aromatic N) is 1. The minimum absolute atomic E-state index is 0.0749. The Labute approximate surface area is 135 Å². The van der Waals surface area contributed by atoms with Gasteiger partial charge in [0, 0.05) is 25.0 Å². The fourth-order valence-electron chi connectivity index (χ4n) is 3.74. The van der Waals surface area contributed by atoms with E-state index in [-0.39, 0.29) is 23.8 Å². The van der Waals surface area contributed by atoms with Crippen LogP contribution in [0.2, 0.25) is 0 Å². The smallest absolute Gasteiger partial charge is 0.225 e. The Morgan fingerprint density at radius 2 is 1.91 bits per heavy atom. The van der Waals surface area contributed by atoms with Gasteiger partial charge in [-0.15, -0.1) is 0 Å². The SMILES string of the molecule is CC(C)CCC[C@@H](C)NC(=O)[C@@H]1CC(=O)N(C2CCCC2)C1. The summed E-state index contributed by atoms with van der Waals surface area (Å²) >= 11 is 0. The third-order valence-electron chi connectivity index (χ3n) is 5.10. The van der Waals surface area contributed by atoms with Crippen molar-refractivity contribution >= 4 is 11.8 Å². The van der Waals surface area contributed by atoms with Crippen molar-refractivity contribution < 1.29 is 9.59 Å². The Morgan fingerprint density at radius 1 is 1.23 bits per heavy atom. The van der Waals surface area contributed by atoms with Gasteiger partial charge in [-0.25, -0.2) is 0 Å². The van der Waals surface area contributed by atoms with E-state index in [1.165, 1.54) is 19.3 Å². The molecule has 1 heterocycles. The van der Waals surface area contributed by atoms with Crippen LogP contribution in [0, 0.1) is 11.8 Å². The van der Waals surface area contributed by atoms with Gasteiger partial charge in [-0.3, -0.25) is 9.59 Å². The van der Waals surface area contributed by atoms with Crippen LogP contribution < -0.4 is 5.32 Å². The fraction of sp³-hybridized carbons (Fsp3) is 0.889. The summed E-state index contributed by atoms with van der Waals surface area (Å²) in [6.07, 6.45) is 8.46. The largest absolute Gasteiger partial charge is 0.353 e. The normalized spacial score (nSPS) is 24.3. The van der Waals surface area contributed by atoms with Gasteiger partial charge in [-0.2, -0.15) is 0 Å². The Kier molecular flexibility index (Phi) is 6.27. The van der Waals surface area contributed by atoms with E-state index in [1.54, 1.807) is 0 Å². The second-order valence-electron chi connectivity index (χ2n) is 7.62. The van der Waals surface area contributed by atoms with Crippen molar-refractivity contribution in [1.82, 2.24) is 10.2 Å². The van der Waals surface area contributed by atoms with Crippen molar-refractivity contribution in [2.45, 2.75) is 84.2 Å². The van der Waals surface area contributed by atoms with Gasteiger partial charge >= 0.3 is 0 Å². The van der Waals surface area contributed by atoms with Gasteiger partial charge in [-0.05, 0) is 32.1 Å². The van der Waals surface area contributed by atoms with Gasteiger partial charge in [0.1, 0.15) is 0 Å². The number of hydrogen-bond acceptors (Lipinski definition) is 2. The zero-order valence-electron chi connectivity index (χ0n) is 14.4. The zero-order valence-corrected chi connectivity index (χ0v) is 14.4. The molecule has 2 atom stereocenters. The summed E-state index contributed by atoms with van der Waals surface area (Å²) in [5, 5.41) is 3.11. The quantitative estimate of drug-likeness (QED) is 0.785. The van der Waals surface area contributed by atoms with Crippen molar-refractivity contribution in [3.63, 3.8) is 0 Å². The minimum Gasteiger partial charge on any atom is -0.353 e. The first-order valence-electron chi connectivity index (χ1n) is 9.07. The first-order chi connectivity index (χ1) is 10.5. The maximum atomic E-state index is 12.4. The van der Waals surface area contributed by atoms with E-state index in [4.69, 9.17) is 0 Å². The number of carbonyl (C=O) groups is 2. The van der Waals surface area contributed by atoms with Gasteiger partial charge in [0.15, 0.2) is 0 Å². The Morgan fingerprint density at radius 3 is 2.55 bits per heavy atom.